The molecule has 1 aromatic heterocycles. The number of pyridine rings is 1. The summed E-state index contributed by atoms with van der Waals surface area (Å²) in [7, 11) is 0. The minimum atomic E-state index is 0.704. The minimum Gasteiger partial charge on any atom is -0.378 e. The number of thioether (sulfide) groups is 1. The van der Waals surface area contributed by atoms with Gasteiger partial charge in [-0.05, 0) is 55.8 Å². The number of hydrogen-bond acceptors (Lipinski definition) is 3. The highest BCUT2D eigenvalue weighted by molar-refractivity contribution is 9.11. The molecule has 0 atom stereocenters. The normalized spacial score (nSPS) is 10.5. The van der Waals surface area contributed by atoms with Crippen LogP contribution in [0.1, 0.15) is 12.6 Å². The topological polar surface area (TPSA) is 24.9 Å². The Morgan fingerprint density at radius 2 is 2.05 bits per heavy atom. The molecule has 19 heavy (non-hydrogen) atoms. The molecule has 2 aromatic rings. The van der Waals surface area contributed by atoms with E-state index in [9.17, 15) is 0 Å². The monoisotopic (exact) mass is 400 g/mol. The Balaban J connectivity index is 2.10. The van der Waals surface area contributed by atoms with Crippen molar-refractivity contribution in [1.82, 2.24) is 4.98 Å². The molecule has 0 spiro atoms. The summed E-state index contributed by atoms with van der Waals surface area (Å²) < 4.78 is 1.99. The van der Waals surface area contributed by atoms with Crippen molar-refractivity contribution in [1.29, 1.82) is 0 Å². The zero-order chi connectivity index (χ0) is 13.7. The van der Waals surface area contributed by atoms with E-state index in [1.54, 1.807) is 0 Å². The molecule has 1 N–H and O–H groups in total. The second kappa shape index (κ2) is 7.31. The highest BCUT2D eigenvalue weighted by atomic mass is 79.9. The fourth-order valence-electron chi connectivity index (χ4n) is 1.65. The van der Waals surface area contributed by atoms with E-state index in [2.05, 4.69) is 67.3 Å². The molecular weight excluding hydrogens is 388 g/mol. The van der Waals surface area contributed by atoms with E-state index in [4.69, 9.17) is 0 Å². The molecule has 1 aromatic carbocycles. The number of aromatic nitrogens is 1. The molecule has 0 bridgehead atoms. The fourth-order valence-corrected chi connectivity index (χ4v) is 3.56. The average Bonchev–Trinajstić information content (AvgIpc) is 2.40. The summed E-state index contributed by atoms with van der Waals surface area (Å²) in [6, 6.07) is 10.4. The molecule has 0 saturated carbocycles. The van der Waals surface area contributed by atoms with Crippen LogP contribution in [0.2, 0.25) is 0 Å². The summed E-state index contributed by atoms with van der Waals surface area (Å²) in [4.78, 5) is 5.68. The van der Waals surface area contributed by atoms with Gasteiger partial charge in [0.25, 0.3) is 0 Å². The number of nitrogens with zero attached hydrogens (tertiary/aromatic N) is 1. The predicted molar refractivity (Wildman–Crippen MR) is 89.8 cm³/mol. The van der Waals surface area contributed by atoms with Gasteiger partial charge in [-0.25, -0.2) is 0 Å². The van der Waals surface area contributed by atoms with Gasteiger partial charge >= 0.3 is 0 Å². The maximum Gasteiger partial charge on any atom is 0.0737 e. The zero-order valence-corrected chi connectivity index (χ0v) is 14.5. The van der Waals surface area contributed by atoms with Crippen LogP contribution in [0.15, 0.2) is 50.4 Å². The second-order valence-electron chi connectivity index (χ2n) is 3.86. The lowest BCUT2D eigenvalue weighted by atomic mass is 10.3. The summed E-state index contributed by atoms with van der Waals surface area (Å²) in [5.74, 6) is 1.07. The van der Waals surface area contributed by atoms with Crippen LogP contribution in [0.25, 0.3) is 0 Å². The molecule has 100 valence electrons. The predicted octanol–water partition coefficient (Wildman–Crippen LogP) is 5.33. The quantitative estimate of drug-likeness (QED) is 0.685. The number of nitrogens with one attached hydrogen (secondary N) is 1. The first-order valence-corrected chi connectivity index (χ1v) is 8.53. The van der Waals surface area contributed by atoms with Crippen LogP contribution >= 0.6 is 43.6 Å². The molecule has 0 fully saturated rings. The van der Waals surface area contributed by atoms with Crippen LogP contribution < -0.4 is 5.32 Å². The van der Waals surface area contributed by atoms with Crippen molar-refractivity contribution in [3.8, 4) is 0 Å². The third kappa shape index (κ3) is 4.23. The molecule has 0 aliphatic carbocycles. The molecular formula is C14H14Br2N2S. The van der Waals surface area contributed by atoms with Gasteiger partial charge in [0.05, 0.1) is 12.2 Å². The highest BCUT2D eigenvalue weighted by Crippen LogP contribution is 2.27. The molecule has 0 saturated heterocycles. The third-order valence-electron chi connectivity index (χ3n) is 2.52. The van der Waals surface area contributed by atoms with Gasteiger partial charge in [0.1, 0.15) is 0 Å². The molecule has 1 heterocycles. The van der Waals surface area contributed by atoms with E-state index in [1.807, 2.05) is 30.1 Å². The first-order chi connectivity index (χ1) is 9.20. The summed E-state index contributed by atoms with van der Waals surface area (Å²) in [6.45, 7) is 2.86. The molecule has 0 amide bonds. The zero-order valence-electron chi connectivity index (χ0n) is 10.5. The number of hydrogen-bond donors (Lipinski definition) is 1. The number of benzene rings is 1. The van der Waals surface area contributed by atoms with Crippen molar-refractivity contribution in [2.45, 2.75) is 18.4 Å². The van der Waals surface area contributed by atoms with Gasteiger partial charge in [-0.2, -0.15) is 0 Å². The van der Waals surface area contributed by atoms with E-state index in [0.29, 0.717) is 6.54 Å². The van der Waals surface area contributed by atoms with Gasteiger partial charge in [0.15, 0.2) is 0 Å². The Hall–Kier alpha value is -0.520. The Bertz CT molecular complexity index is 561. The van der Waals surface area contributed by atoms with Crippen molar-refractivity contribution in [2.75, 3.05) is 11.1 Å². The van der Waals surface area contributed by atoms with Crippen LogP contribution in [-0.4, -0.2) is 10.7 Å². The number of rotatable bonds is 5. The van der Waals surface area contributed by atoms with Crippen LogP contribution in [-0.2, 0) is 6.54 Å². The van der Waals surface area contributed by atoms with Gasteiger partial charge in [0.2, 0.25) is 0 Å². The van der Waals surface area contributed by atoms with Crippen molar-refractivity contribution < 1.29 is 0 Å². The first-order valence-electron chi connectivity index (χ1n) is 5.96. The van der Waals surface area contributed by atoms with Crippen LogP contribution in [0.3, 0.4) is 0 Å². The van der Waals surface area contributed by atoms with Gasteiger partial charge in [-0.15, -0.1) is 11.8 Å². The van der Waals surface area contributed by atoms with E-state index >= 15 is 0 Å². The van der Waals surface area contributed by atoms with E-state index < -0.39 is 0 Å². The summed E-state index contributed by atoms with van der Waals surface area (Å²) in [5, 5.41) is 3.45. The second-order valence-corrected chi connectivity index (χ2v) is 6.94. The molecule has 2 rings (SSSR count). The number of halogens is 2. The average molecular weight is 402 g/mol. The highest BCUT2D eigenvalue weighted by Gasteiger charge is 2.05. The molecule has 0 aliphatic heterocycles. The van der Waals surface area contributed by atoms with E-state index in [-0.39, 0.29) is 0 Å². The fraction of sp³-hybridized carbons (Fsp3) is 0.214. The first kappa shape index (κ1) is 14.9. The molecule has 0 aliphatic rings. The smallest absolute Gasteiger partial charge is 0.0737 e. The van der Waals surface area contributed by atoms with Crippen molar-refractivity contribution in [2.24, 2.45) is 0 Å². The summed E-state index contributed by atoms with van der Waals surface area (Å²) >= 11 is 8.78. The Morgan fingerprint density at radius 1 is 1.26 bits per heavy atom. The Morgan fingerprint density at radius 3 is 2.79 bits per heavy atom. The van der Waals surface area contributed by atoms with Crippen LogP contribution in [0, 0.1) is 0 Å². The van der Waals surface area contributed by atoms with Crippen LogP contribution in [0.5, 0.6) is 0 Å². The molecule has 0 unspecified atom stereocenters. The maximum atomic E-state index is 4.41. The molecule has 2 nitrogen and oxygen atoms in total. The number of para-hydroxylation sites is 1. The lowest BCUT2D eigenvalue weighted by Crippen LogP contribution is -2.03. The molecule has 5 heteroatoms. The van der Waals surface area contributed by atoms with Gasteiger partial charge in [-0.1, -0.05) is 19.1 Å². The van der Waals surface area contributed by atoms with Gasteiger partial charge in [0, 0.05) is 25.7 Å². The van der Waals surface area contributed by atoms with Crippen molar-refractivity contribution >= 4 is 49.3 Å². The van der Waals surface area contributed by atoms with Crippen molar-refractivity contribution in [3.05, 3.63) is 51.2 Å². The van der Waals surface area contributed by atoms with Gasteiger partial charge in [-0.3, -0.25) is 4.98 Å². The largest absolute Gasteiger partial charge is 0.378 e. The molecule has 0 radical (unpaired) electrons. The minimum absolute atomic E-state index is 0.704. The summed E-state index contributed by atoms with van der Waals surface area (Å²) in [6.07, 6.45) is 1.81. The maximum absolute atomic E-state index is 4.41. The van der Waals surface area contributed by atoms with E-state index in [0.717, 1.165) is 26.1 Å². The Labute approximate surface area is 134 Å². The number of anilines is 1. The standard InChI is InChI=1S/C14H14Br2N2S/c1-2-19-14-6-4-3-5-12(14)18-9-13-11(16)7-10(15)8-17-13/h3-8,18H,2,9H2,1H3. The van der Waals surface area contributed by atoms with Crippen molar-refractivity contribution in [3.63, 3.8) is 0 Å². The van der Waals surface area contributed by atoms with Gasteiger partial charge < -0.3 is 5.32 Å². The lowest BCUT2D eigenvalue weighted by molar-refractivity contribution is 1.02. The third-order valence-corrected chi connectivity index (χ3v) is 4.59. The Kier molecular flexibility index (Phi) is 5.73. The SMILES string of the molecule is CCSc1ccccc1NCc1ncc(Br)cc1Br. The van der Waals surface area contributed by atoms with Crippen LogP contribution in [0.4, 0.5) is 5.69 Å². The lowest BCUT2D eigenvalue weighted by Gasteiger charge is -2.11. The summed E-state index contributed by atoms with van der Waals surface area (Å²) in [5.41, 5.74) is 2.16. The van der Waals surface area contributed by atoms with E-state index in [1.165, 1.54) is 4.90 Å².